The lowest BCUT2D eigenvalue weighted by Crippen LogP contribution is -2.27. The Morgan fingerprint density at radius 1 is 1.21 bits per heavy atom. The van der Waals surface area contributed by atoms with Crippen molar-refractivity contribution in [1.82, 2.24) is 15.5 Å². The van der Waals surface area contributed by atoms with Gasteiger partial charge in [-0.3, -0.25) is 14.9 Å². The third-order valence-corrected chi connectivity index (χ3v) is 4.20. The van der Waals surface area contributed by atoms with Crippen molar-refractivity contribution in [1.29, 1.82) is 0 Å². The molecule has 0 bridgehead atoms. The van der Waals surface area contributed by atoms with Crippen LogP contribution in [0.4, 0.5) is 5.69 Å². The minimum Gasteiger partial charge on any atom is -0.493 e. The maximum Gasteiger partial charge on any atom is 0.272 e. The number of hydrogen-bond acceptors (Lipinski definition) is 6. The zero-order chi connectivity index (χ0) is 20.1. The number of anilines is 1. The molecule has 9 heteroatoms. The summed E-state index contributed by atoms with van der Waals surface area (Å²) in [6, 6.07) is 10.7. The molecular formula is C19H22N6O3. The molecule has 28 heavy (non-hydrogen) atoms. The highest BCUT2D eigenvalue weighted by molar-refractivity contribution is 6.05. The second kappa shape index (κ2) is 8.30. The molecule has 0 unspecified atom stereocenters. The zero-order valence-corrected chi connectivity index (χ0v) is 15.7. The predicted octanol–water partition coefficient (Wildman–Crippen LogP) is 1.30. The molecule has 1 amide bonds. The number of hydrogen-bond donors (Lipinski definition) is 4. The van der Waals surface area contributed by atoms with Crippen LogP contribution in [-0.2, 0) is 0 Å². The maximum atomic E-state index is 12.3. The molecule has 0 spiro atoms. The van der Waals surface area contributed by atoms with E-state index in [4.69, 9.17) is 20.9 Å². The van der Waals surface area contributed by atoms with Crippen LogP contribution in [0.5, 0.6) is 11.5 Å². The number of aliphatic imine (C=N–C) groups is 1. The molecule has 0 atom stereocenters. The number of nitrogens with zero attached hydrogens (tertiary/aromatic N) is 2. The van der Waals surface area contributed by atoms with E-state index in [1.54, 1.807) is 12.1 Å². The number of aromatic nitrogens is 2. The summed E-state index contributed by atoms with van der Waals surface area (Å²) in [5, 5.41) is 10.4. The molecule has 0 radical (unpaired) electrons. The maximum absolute atomic E-state index is 12.3. The van der Waals surface area contributed by atoms with Crippen LogP contribution in [0.1, 0.15) is 16.1 Å². The van der Waals surface area contributed by atoms with Gasteiger partial charge in [-0.25, -0.2) is 0 Å². The fourth-order valence-electron chi connectivity index (χ4n) is 2.77. The summed E-state index contributed by atoms with van der Waals surface area (Å²) in [5.74, 6) is 0.980. The van der Waals surface area contributed by atoms with Gasteiger partial charge in [-0.15, -0.1) is 0 Å². The number of nitrogens with one attached hydrogen (secondary N) is 2. The molecule has 6 N–H and O–H groups in total. The van der Waals surface area contributed by atoms with Gasteiger partial charge in [0.05, 0.1) is 26.3 Å². The molecule has 146 valence electrons. The van der Waals surface area contributed by atoms with Gasteiger partial charge in [-0.1, -0.05) is 18.2 Å². The van der Waals surface area contributed by atoms with E-state index in [1.165, 1.54) is 14.2 Å². The highest BCUT2D eigenvalue weighted by Gasteiger charge is 2.14. The standard InChI is InChI=1S/C19H22N6O3/c1-27-15-9-12(13(20)10-16(15)28-2)18(21)22-7-8-23-19(26)17-11-5-3-4-6-14(11)24-25-17/h3-6,9-10H,7-8,20H2,1-2H3,(H2,21,22)(H,23,26)(H,24,25). The molecule has 1 aromatic heterocycles. The van der Waals surface area contributed by atoms with Crippen LogP contribution in [0.25, 0.3) is 10.9 Å². The Morgan fingerprint density at radius 2 is 1.93 bits per heavy atom. The van der Waals surface area contributed by atoms with Gasteiger partial charge in [0.25, 0.3) is 5.91 Å². The number of nitrogen functional groups attached to an aromatic ring is 1. The predicted molar refractivity (Wildman–Crippen MR) is 108 cm³/mol. The average molecular weight is 382 g/mol. The van der Waals surface area contributed by atoms with E-state index in [0.29, 0.717) is 35.0 Å². The van der Waals surface area contributed by atoms with E-state index in [1.807, 2.05) is 24.3 Å². The number of H-pyrrole nitrogens is 1. The van der Waals surface area contributed by atoms with Crippen molar-refractivity contribution in [2.45, 2.75) is 0 Å². The van der Waals surface area contributed by atoms with Crippen LogP contribution in [-0.4, -0.2) is 49.2 Å². The van der Waals surface area contributed by atoms with Crippen molar-refractivity contribution in [2.75, 3.05) is 33.0 Å². The van der Waals surface area contributed by atoms with Crippen LogP contribution < -0.4 is 26.3 Å². The van der Waals surface area contributed by atoms with Gasteiger partial charge in [0.15, 0.2) is 17.2 Å². The Labute approximate surface area is 161 Å². The molecule has 9 nitrogen and oxygen atoms in total. The summed E-state index contributed by atoms with van der Waals surface area (Å²) in [5.41, 5.74) is 14.2. The number of carbonyl (C=O) groups is 1. The Hall–Kier alpha value is -3.75. The van der Waals surface area contributed by atoms with E-state index in [9.17, 15) is 4.79 Å². The first-order valence-corrected chi connectivity index (χ1v) is 8.58. The van der Waals surface area contributed by atoms with Gasteiger partial charge in [0.2, 0.25) is 0 Å². The largest absolute Gasteiger partial charge is 0.493 e. The molecule has 0 aliphatic heterocycles. The Balaban J connectivity index is 1.64. The van der Waals surface area contributed by atoms with Gasteiger partial charge in [-0.2, -0.15) is 5.10 Å². The van der Waals surface area contributed by atoms with E-state index >= 15 is 0 Å². The van der Waals surface area contributed by atoms with Gasteiger partial charge >= 0.3 is 0 Å². The summed E-state index contributed by atoms with van der Waals surface area (Å²) >= 11 is 0. The number of rotatable bonds is 7. The Morgan fingerprint density at radius 3 is 2.68 bits per heavy atom. The fourth-order valence-corrected chi connectivity index (χ4v) is 2.77. The number of amidine groups is 1. The molecule has 1 heterocycles. The molecule has 0 fully saturated rings. The van der Waals surface area contributed by atoms with Crippen molar-refractivity contribution in [3.05, 3.63) is 47.7 Å². The SMILES string of the molecule is COc1cc(N)c(C(N)=NCCNC(=O)c2n[nH]c3ccccc23)cc1OC. The van der Waals surface area contributed by atoms with Crippen LogP contribution in [0.15, 0.2) is 41.4 Å². The second-order valence-electron chi connectivity index (χ2n) is 5.94. The Bertz CT molecular complexity index is 1030. The summed E-state index contributed by atoms with van der Waals surface area (Å²) in [6.07, 6.45) is 0. The molecule has 0 saturated carbocycles. The van der Waals surface area contributed by atoms with E-state index in [2.05, 4.69) is 20.5 Å². The van der Waals surface area contributed by atoms with E-state index < -0.39 is 0 Å². The molecule has 3 aromatic rings. The first kappa shape index (κ1) is 19.0. The van der Waals surface area contributed by atoms with Crippen molar-refractivity contribution in [3.8, 4) is 11.5 Å². The van der Waals surface area contributed by atoms with Crippen molar-refractivity contribution in [2.24, 2.45) is 10.7 Å². The highest BCUT2D eigenvalue weighted by atomic mass is 16.5. The van der Waals surface area contributed by atoms with Crippen LogP contribution in [0.3, 0.4) is 0 Å². The quantitative estimate of drug-likeness (QED) is 0.210. The van der Waals surface area contributed by atoms with Gasteiger partial charge in [0, 0.05) is 29.2 Å². The number of methoxy groups -OCH3 is 2. The van der Waals surface area contributed by atoms with Gasteiger partial charge in [0.1, 0.15) is 5.84 Å². The summed E-state index contributed by atoms with van der Waals surface area (Å²) in [6.45, 7) is 0.585. The molecule has 0 aliphatic rings. The molecular weight excluding hydrogens is 360 g/mol. The summed E-state index contributed by atoms with van der Waals surface area (Å²) in [4.78, 5) is 16.6. The lowest BCUT2D eigenvalue weighted by Gasteiger charge is -2.12. The highest BCUT2D eigenvalue weighted by Crippen LogP contribution is 2.31. The van der Waals surface area contributed by atoms with E-state index in [0.717, 1.165) is 10.9 Å². The molecule has 3 rings (SSSR count). The molecule has 0 aliphatic carbocycles. The van der Waals surface area contributed by atoms with Crippen molar-refractivity contribution >= 4 is 28.3 Å². The van der Waals surface area contributed by atoms with Crippen LogP contribution in [0, 0.1) is 0 Å². The molecule has 2 aromatic carbocycles. The average Bonchev–Trinajstić information content (AvgIpc) is 3.14. The topological polar surface area (TPSA) is 141 Å². The number of ether oxygens (including phenoxy) is 2. The summed E-state index contributed by atoms with van der Waals surface area (Å²) < 4.78 is 10.5. The minimum absolute atomic E-state index is 0.248. The monoisotopic (exact) mass is 382 g/mol. The number of para-hydroxylation sites is 1. The fraction of sp³-hybridized carbons (Fsp3) is 0.211. The second-order valence-corrected chi connectivity index (χ2v) is 5.94. The Kier molecular flexibility index (Phi) is 5.64. The number of amides is 1. The van der Waals surface area contributed by atoms with Crippen LogP contribution >= 0.6 is 0 Å². The number of benzene rings is 2. The molecule has 0 saturated heterocycles. The lowest BCUT2D eigenvalue weighted by molar-refractivity contribution is 0.0951. The smallest absolute Gasteiger partial charge is 0.272 e. The first-order valence-electron chi connectivity index (χ1n) is 8.58. The number of nitrogens with two attached hydrogens (primary N) is 2. The normalized spacial score (nSPS) is 11.4. The zero-order valence-electron chi connectivity index (χ0n) is 15.7. The van der Waals surface area contributed by atoms with E-state index in [-0.39, 0.29) is 18.3 Å². The van der Waals surface area contributed by atoms with Gasteiger partial charge < -0.3 is 26.3 Å². The lowest BCUT2D eigenvalue weighted by atomic mass is 10.1. The van der Waals surface area contributed by atoms with Crippen molar-refractivity contribution < 1.29 is 14.3 Å². The number of aromatic amines is 1. The number of carbonyl (C=O) groups excluding carboxylic acids is 1. The van der Waals surface area contributed by atoms with Gasteiger partial charge in [-0.05, 0) is 12.1 Å². The third kappa shape index (κ3) is 3.83. The number of fused-ring (bicyclic) bond motifs is 1. The third-order valence-electron chi connectivity index (χ3n) is 4.20. The minimum atomic E-state index is -0.281. The van der Waals surface area contributed by atoms with Crippen LogP contribution in [0.2, 0.25) is 0 Å². The summed E-state index contributed by atoms with van der Waals surface area (Å²) in [7, 11) is 3.05. The first-order chi connectivity index (χ1) is 13.5. The van der Waals surface area contributed by atoms with Crippen molar-refractivity contribution in [3.63, 3.8) is 0 Å².